The second-order valence-electron chi connectivity index (χ2n) is 3.38. The SMILES string of the molecule is C#Cc1cc(-c2ccccc2)ccc1C#N. The Balaban J connectivity index is 2.55. The van der Waals surface area contributed by atoms with Crippen LogP contribution in [0, 0.1) is 23.7 Å². The number of hydrogen-bond donors (Lipinski definition) is 0. The van der Waals surface area contributed by atoms with Crippen molar-refractivity contribution in [2.75, 3.05) is 0 Å². The van der Waals surface area contributed by atoms with Crippen LogP contribution in [0.4, 0.5) is 0 Å². The van der Waals surface area contributed by atoms with Crippen LogP contribution >= 0.6 is 0 Å². The number of nitriles is 1. The topological polar surface area (TPSA) is 23.8 Å². The first kappa shape index (κ1) is 10.0. The van der Waals surface area contributed by atoms with Gasteiger partial charge in [0.2, 0.25) is 0 Å². The highest BCUT2D eigenvalue weighted by Crippen LogP contribution is 2.21. The van der Waals surface area contributed by atoms with Crippen LogP contribution in [-0.2, 0) is 0 Å². The zero-order valence-corrected chi connectivity index (χ0v) is 8.64. The molecule has 0 saturated carbocycles. The Morgan fingerprint density at radius 1 is 0.875 bits per heavy atom. The third kappa shape index (κ3) is 1.80. The van der Waals surface area contributed by atoms with Crippen molar-refractivity contribution in [3.05, 3.63) is 59.7 Å². The van der Waals surface area contributed by atoms with E-state index in [2.05, 4.69) is 12.0 Å². The largest absolute Gasteiger partial charge is 0.192 e. The number of terminal acetylenes is 1. The van der Waals surface area contributed by atoms with Gasteiger partial charge in [0.1, 0.15) is 6.07 Å². The third-order valence-corrected chi connectivity index (χ3v) is 2.40. The predicted octanol–water partition coefficient (Wildman–Crippen LogP) is 3.21. The Labute approximate surface area is 95.0 Å². The highest BCUT2D eigenvalue weighted by molar-refractivity contribution is 5.67. The van der Waals surface area contributed by atoms with E-state index in [0.717, 1.165) is 11.1 Å². The Morgan fingerprint density at radius 2 is 1.62 bits per heavy atom. The normalized spacial score (nSPS) is 9.12. The van der Waals surface area contributed by atoms with Crippen molar-refractivity contribution in [2.45, 2.75) is 0 Å². The molecule has 0 heterocycles. The summed E-state index contributed by atoms with van der Waals surface area (Å²) in [5, 5.41) is 8.87. The van der Waals surface area contributed by atoms with Crippen LogP contribution in [0.2, 0.25) is 0 Å². The van der Waals surface area contributed by atoms with Gasteiger partial charge in [0.05, 0.1) is 5.56 Å². The van der Waals surface area contributed by atoms with E-state index in [1.165, 1.54) is 0 Å². The maximum absolute atomic E-state index is 8.87. The molecule has 2 rings (SSSR count). The van der Waals surface area contributed by atoms with Crippen molar-refractivity contribution >= 4 is 0 Å². The zero-order chi connectivity index (χ0) is 11.4. The van der Waals surface area contributed by atoms with Crippen LogP contribution in [0.3, 0.4) is 0 Å². The lowest BCUT2D eigenvalue weighted by molar-refractivity contribution is 1.46. The van der Waals surface area contributed by atoms with Gasteiger partial charge in [-0.3, -0.25) is 0 Å². The van der Waals surface area contributed by atoms with Gasteiger partial charge in [-0.25, -0.2) is 0 Å². The lowest BCUT2D eigenvalue weighted by Crippen LogP contribution is -1.85. The third-order valence-electron chi connectivity index (χ3n) is 2.40. The molecule has 0 saturated heterocycles. The van der Waals surface area contributed by atoms with E-state index in [0.29, 0.717) is 11.1 Å². The molecule has 1 nitrogen and oxygen atoms in total. The second-order valence-corrected chi connectivity index (χ2v) is 3.38. The minimum absolute atomic E-state index is 0.544. The zero-order valence-electron chi connectivity index (χ0n) is 8.64. The molecule has 1 heteroatoms. The van der Waals surface area contributed by atoms with Crippen molar-refractivity contribution in [1.82, 2.24) is 0 Å². The summed E-state index contributed by atoms with van der Waals surface area (Å²) in [5.74, 6) is 2.53. The van der Waals surface area contributed by atoms with Crippen molar-refractivity contribution in [3.63, 3.8) is 0 Å². The van der Waals surface area contributed by atoms with E-state index < -0.39 is 0 Å². The first-order valence-electron chi connectivity index (χ1n) is 4.91. The van der Waals surface area contributed by atoms with E-state index in [-0.39, 0.29) is 0 Å². The second kappa shape index (κ2) is 4.34. The molecule has 0 unspecified atom stereocenters. The molecule has 0 bridgehead atoms. The fraction of sp³-hybridized carbons (Fsp3) is 0. The van der Waals surface area contributed by atoms with Crippen LogP contribution in [0.1, 0.15) is 11.1 Å². The minimum Gasteiger partial charge on any atom is -0.192 e. The van der Waals surface area contributed by atoms with Crippen molar-refractivity contribution < 1.29 is 0 Å². The molecule has 2 aromatic carbocycles. The van der Waals surface area contributed by atoms with Crippen LogP contribution in [-0.4, -0.2) is 0 Å². The molecule has 0 aliphatic rings. The Hall–Kier alpha value is -2.51. The van der Waals surface area contributed by atoms with Gasteiger partial charge >= 0.3 is 0 Å². The smallest absolute Gasteiger partial charge is 0.100 e. The fourth-order valence-corrected chi connectivity index (χ4v) is 1.57. The standard InChI is InChI=1S/C15H9N/c1-2-12-10-14(8-9-15(12)11-16)13-6-4-3-5-7-13/h1,3-10H. The van der Waals surface area contributed by atoms with E-state index >= 15 is 0 Å². The summed E-state index contributed by atoms with van der Waals surface area (Å²) in [5.41, 5.74) is 3.32. The van der Waals surface area contributed by atoms with Gasteiger partial charge in [-0.1, -0.05) is 42.3 Å². The van der Waals surface area contributed by atoms with Gasteiger partial charge in [0.25, 0.3) is 0 Å². The van der Waals surface area contributed by atoms with Crippen molar-refractivity contribution in [3.8, 4) is 29.5 Å². The summed E-state index contributed by atoms with van der Waals surface area (Å²) >= 11 is 0. The Bertz CT molecular complexity index is 583. The molecule has 0 aromatic heterocycles. The summed E-state index contributed by atoms with van der Waals surface area (Å²) in [6.07, 6.45) is 5.37. The summed E-state index contributed by atoms with van der Waals surface area (Å²) in [6, 6.07) is 17.6. The number of nitrogens with zero attached hydrogens (tertiary/aromatic N) is 1. The molecule has 0 fully saturated rings. The molecular formula is C15H9N. The van der Waals surface area contributed by atoms with Gasteiger partial charge in [0.15, 0.2) is 0 Å². The Morgan fingerprint density at radius 3 is 2.25 bits per heavy atom. The van der Waals surface area contributed by atoms with Gasteiger partial charge < -0.3 is 0 Å². The van der Waals surface area contributed by atoms with Gasteiger partial charge in [-0.2, -0.15) is 5.26 Å². The molecule has 0 amide bonds. The first-order chi connectivity index (χ1) is 7.85. The molecule has 0 radical (unpaired) electrons. The monoisotopic (exact) mass is 203 g/mol. The average molecular weight is 203 g/mol. The fourth-order valence-electron chi connectivity index (χ4n) is 1.57. The summed E-state index contributed by atoms with van der Waals surface area (Å²) in [6.45, 7) is 0. The number of hydrogen-bond acceptors (Lipinski definition) is 1. The molecular weight excluding hydrogens is 194 g/mol. The molecule has 74 valence electrons. The number of benzene rings is 2. The van der Waals surface area contributed by atoms with E-state index in [1.54, 1.807) is 6.07 Å². The van der Waals surface area contributed by atoms with Crippen molar-refractivity contribution in [1.29, 1.82) is 5.26 Å². The Kier molecular flexibility index (Phi) is 2.72. The van der Waals surface area contributed by atoms with E-state index in [1.807, 2.05) is 42.5 Å². The first-order valence-corrected chi connectivity index (χ1v) is 4.91. The predicted molar refractivity (Wildman–Crippen MR) is 64.5 cm³/mol. The lowest BCUT2D eigenvalue weighted by atomic mass is 10.00. The molecule has 0 aliphatic heterocycles. The lowest BCUT2D eigenvalue weighted by Gasteiger charge is -2.03. The van der Waals surface area contributed by atoms with Crippen LogP contribution in [0.15, 0.2) is 48.5 Å². The van der Waals surface area contributed by atoms with Gasteiger partial charge in [-0.05, 0) is 23.3 Å². The van der Waals surface area contributed by atoms with Crippen LogP contribution in [0.5, 0.6) is 0 Å². The molecule has 0 atom stereocenters. The maximum Gasteiger partial charge on any atom is 0.100 e. The van der Waals surface area contributed by atoms with E-state index in [9.17, 15) is 0 Å². The minimum atomic E-state index is 0.544. The molecule has 2 aromatic rings. The highest BCUT2D eigenvalue weighted by Gasteiger charge is 2.02. The highest BCUT2D eigenvalue weighted by atomic mass is 14.2. The van der Waals surface area contributed by atoms with Crippen molar-refractivity contribution in [2.24, 2.45) is 0 Å². The summed E-state index contributed by atoms with van der Waals surface area (Å²) in [7, 11) is 0. The quantitative estimate of drug-likeness (QED) is 0.653. The summed E-state index contributed by atoms with van der Waals surface area (Å²) < 4.78 is 0. The summed E-state index contributed by atoms with van der Waals surface area (Å²) in [4.78, 5) is 0. The molecule has 16 heavy (non-hydrogen) atoms. The molecule has 0 spiro atoms. The number of rotatable bonds is 1. The van der Waals surface area contributed by atoms with Crippen LogP contribution in [0.25, 0.3) is 11.1 Å². The van der Waals surface area contributed by atoms with Gasteiger partial charge in [0, 0.05) is 5.56 Å². The molecule has 0 N–H and O–H groups in total. The molecule has 0 aliphatic carbocycles. The van der Waals surface area contributed by atoms with E-state index in [4.69, 9.17) is 11.7 Å². The van der Waals surface area contributed by atoms with Gasteiger partial charge in [-0.15, -0.1) is 6.42 Å². The van der Waals surface area contributed by atoms with Crippen LogP contribution < -0.4 is 0 Å². The maximum atomic E-state index is 8.87. The average Bonchev–Trinajstić information content (AvgIpc) is 2.39.